The van der Waals surface area contributed by atoms with Gasteiger partial charge in [0.1, 0.15) is 10.0 Å². The summed E-state index contributed by atoms with van der Waals surface area (Å²) in [5.74, 6) is 1.51. The molecule has 2 amide bonds. The average molecular weight is 366 g/mol. The van der Waals surface area contributed by atoms with E-state index in [9.17, 15) is 9.59 Å². The zero-order valence-electron chi connectivity index (χ0n) is 13.3. The second-order valence-electron chi connectivity index (χ2n) is 6.05. The van der Waals surface area contributed by atoms with Crippen LogP contribution in [0.3, 0.4) is 0 Å². The summed E-state index contributed by atoms with van der Waals surface area (Å²) in [7, 11) is 0. The van der Waals surface area contributed by atoms with Crippen LogP contribution in [0.4, 0.5) is 10.3 Å². The molecule has 1 fully saturated rings. The van der Waals surface area contributed by atoms with Gasteiger partial charge in [-0.3, -0.25) is 9.59 Å². The van der Waals surface area contributed by atoms with Gasteiger partial charge in [-0.2, -0.15) is 0 Å². The molecular weight excluding hydrogens is 348 g/mol. The summed E-state index contributed by atoms with van der Waals surface area (Å²) in [4.78, 5) is 21.1. The number of hydrogen-bond donors (Lipinski definition) is 2. The van der Waals surface area contributed by atoms with Crippen LogP contribution in [-0.4, -0.2) is 33.2 Å². The maximum atomic E-state index is 10.5. The van der Waals surface area contributed by atoms with Crippen molar-refractivity contribution >= 4 is 45.8 Å². The predicted molar refractivity (Wildman–Crippen MR) is 92.2 cm³/mol. The van der Waals surface area contributed by atoms with Gasteiger partial charge >= 0.3 is 0 Å². The van der Waals surface area contributed by atoms with Crippen molar-refractivity contribution in [1.82, 2.24) is 20.4 Å². The lowest BCUT2D eigenvalue weighted by Gasteiger charge is -2.36. The van der Waals surface area contributed by atoms with E-state index in [-0.39, 0.29) is 11.8 Å². The molecule has 2 aromatic heterocycles. The van der Waals surface area contributed by atoms with E-state index < -0.39 is 0 Å². The Morgan fingerprint density at radius 3 is 1.71 bits per heavy atom. The Hall–Kier alpha value is -1.94. The van der Waals surface area contributed by atoms with Crippen LogP contribution in [0.25, 0.3) is 0 Å². The van der Waals surface area contributed by atoms with E-state index in [1.807, 2.05) is 0 Å². The molecule has 24 heavy (non-hydrogen) atoms. The van der Waals surface area contributed by atoms with Gasteiger partial charge in [-0.1, -0.05) is 36.5 Å². The molecule has 128 valence electrons. The molecule has 0 aromatic carbocycles. The number of aromatic nitrogens is 4. The van der Waals surface area contributed by atoms with Crippen molar-refractivity contribution in [3.63, 3.8) is 0 Å². The summed E-state index contributed by atoms with van der Waals surface area (Å²) < 4.78 is 0. The average Bonchev–Trinajstić information content (AvgIpc) is 3.18. The number of carbonyl (C=O) groups excluding carboxylic acids is 2. The van der Waals surface area contributed by atoms with Gasteiger partial charge in [-0.05, 0) is 24.7 Å². The molecule has 0 aliphatic heterocycles. The van der Waals surface area contributed by atoms with Gasteiger partial charge in [-0.25, -0.2) is 0 Å². The van der Waals surface area contributed by atoms with Crippen molar-refractivity contribution in [2.24, 2.45) is 11.8 Å². The molecular formula is C14H18N6O2S2. The fourth-order valence-corrected chi connectivity index (χ4v) is 5.22. The number of hydrogen-bond acceptors (Lipinski definition) is 8. The van der Waals surface area contributed by atoms with Gasteiger partial charge in [0.25, 0.3) is 0 Å². The van der Waals surface area contributed by atoms with Crippen LogP contribution in [0.5, 0.6) is 0 Å². The zero-order valence-corrected chi connectivity index (χ0v) is 14.9. The monoisotopic (exact) mass is 366 g/mol. The summed E-state index contributed by atoms with van der Waals surface area (Å²) in [5, 5.41) is 24.6. The summed E-state index contributed by atoms with van der Waals surface area (Å²) in [5.41, 5.74) is 0. The van der Waals surface area contributed by atoms with Crippen LogP contribution in [-0.2, 0) is 9.59 Å². The summed E-state index contributed by atoms with van der Waals surface area (Å²) in [6.07, 6.45) is 3.19. The van der Waals surface area contributed by atoms with Crippen molar-refractivity contribution in [3.8, 4) is 0 Å². The van der Waals surface area contributed by atoms with Gasteiger partial charge in [0.05, 0.1) is 0 Å². The topological polar surface area (TPSA) is 110 Å². The fourth-order valence-electron chi connectivity index (χ4n) is 3.33. The second kappa shape index (κ2) is 7.31. The number of nitrogens with zero attached hydrogens (tertiary/aromatic N) is 4. The molecule has 0 radical (unpaired) electrons. The van der Waals surface area contributed by atoms with Crippen LogP contribution in [0.2, 0.25) is 0 Å². The lowest BCUT2D eigenvalue weighted by Crippen LogP contribution is -2.26. The lowest BCUT2D eigenvalue weighted by atomic mass is 9.70. The third-order valence-corrected chi connectivity index (χ3v) is 6.48. The normalized spacial score (nSPS) is 26.8. The van der Waals surface area contributed by atoms with Gasteiger partial charge in [0.15, 0.2) is 0 Å². The molecule has 1 saturated carbocycles. The molecule has 8 nitrogen and oxygen atoms in total. The Balaban J connectivity index is 1.80. The first kappa shape index (κ1) is 16.9. The van der Waals surface area contributed by atoms with Gasteiger partial charge in [0, 0.05) is 11.8 Å². The number of carbonyl (C=O) groups is 2. The molecule has 1 aliphatic carbocycles. The Bertz CT molecular complexity index is 659. The van der Waals surface area contributed by atoms with E-state index in [0.717, 1.165) is 22.9 Å². The fraction of sp³-hybridized carbons (Fsp3) is 0.571. The third-order valence-electron chi connectivity index (χ3n) is 4.51. The van der Waals surface area contributed by atoms with Gasteiger partial charge < -0.3 is 10.6 Å². The summed E-state index contributed by atoms with van der Waals surface area (Å²) in [6.45, 7) is 4.45. The standard InChI is InChI=1S/C14H18N6O2S2/c1-7-3-8(2)10(12-18-20-14(24-12)16-6-22)4-9(7)11-17-19-13(23-11)15-5-21/h5-10H,3-4H2,1-2H3,(H,15,19,21)(H,16,20,22)/t7?,8?,9-,10+. The molecule has 0 bridgehead atoms. The van der Waals surface area contributed by atoms with Crippen LogP contribution < -0.4 is 10.6 Å². The highest BCUT2D eigenvalue weighted by Gasteiger charge is 2.37. The Labute approximate surface area is 147 Å². The summed E-state index contributed by atoms with van der Waals surface area (Å²) >= 11 is 2.85. The second-order valence-corrected chi connectivity index (χ2v) is 8.07. The van der Waals surface area contributed by atoms with Crippen molar-refractivity contribution in [3.05, 3.63) is 10.0 Å². The molecule has 2 N–H and O–H groups in total. The van der Waals surface area contributed by atoms with Crippen molar-refractivity contribution in [1.29, 1.82) is 0 Å². The molecule has 2 unspecified atom stereocenters. The van der Waals surface area contributed by atoms with Gasteiger partial charge in [0.2, 0.25) is 23.1 Å². The number of amides is 2. The van der Waals surface area contributed by atoms with Crippen LogP contribution in [0.1, 0.15) is 48.5 Å². The molecule has 4 atom stereocenters. The molecule has 0 spiro atoms. The molecule has 3 rings (SSSR count). The van der Waals surface area contributed by atoms with Crippen LogP contribution >= 0.6 is 22.7 Å². The van der Waals surface area contributed by atoms with Gasteiger partial charge in [-0.15, -0.1) is 20.4 Å². The third kappa shape index (κ3) is 3.44. The maximum Gasteiger partial charge on any atom is 0.213 e. The smallest absolute Gasteiger partial charge is 0.213 e. The van der Waals surface area contributed by atoms with E-state index in [0.29, 0.717) is 34.9 Å². The highest BCUT2D eigenvalue weighted by Crippen LogP contribution is 2.49. The minimum atomic E-state index is 0.275. The quantitative estimate of drug-likeness (QED) is 0.760. The number of nitrogens with one attached hydrogen (secondary N) is 2. The Morgan fingerprint density at radius 1 is 0.833 bits per heavy atom. The van der Waals surface area contributed by atoms with E-state index in [2.05, 4.69) is 44.9 Å². The minimum absolute atomic E-state index is 0.275. The van der Waals surface area contributed by atoms with Crippen molar-refractivity contribution in [2.45, 2.75) is 38.5 Å². The van der Waals surface area contributed by atoms with Crippen LogP contribution in [0, 0.1) is 11.8 Å². The first-order valence-corrected chi connectivity index (χ1v) is 9.32. The lowest BCUT2D eigenvalue weighted by molar-refractivity contribution is -0.106. The molecule has 0 saturated heterocycles. The molecule has 1 aliphatic rings. The number of anilines is 2. The largest absolute Gasteiger partial charge is 0.303 e. The van der Waals surface area contributed by atoms with Crippen LogP contribution in [0.15, 0.2) is 0 Å². The first-order chi connectivity index (χ1) is 11.6. The van der Waals surface area contributed by atoms with Crippen molar-refractivity contribution < 1.29 is 9.59 Å². The highest BCUT2D eigenvalue weighted by molar-refractivity contribution is 7.15. The summed E-state index contributed by atoms with van der Waals surface area (Å²) in [6, 6.07) is 0. The first-order valence-electron chi connectivity index (χ1n) is 7.69. The highest BCUT2D eigenvalue weighted by atomic mass is 32.1. The molecule has 2 heterocycles. The molecule has 2 aromatic rings. The van der Waals surface area contributed by atoms with E-state index in [1.165, 1.54) is 22.7 Å². The predicted octanol–water partition coefficient (Wildman–Crippen LogP) is 2.46. The van der Waals surface area contributed by atoms with Crippen molar-refractivity contribution in [2.75, 3.05) is 10.6 Å². The molecule has 10 heteroatoms. The minimum Gasteiger partial charge on any atom is -0.303 e. The Morgan fingerprint density at radius 2 is 1.29 bits per heavy atom. The SMILES string of the molecule is CC1CC(C)[C@H](c2nnc(NC=O)s2)C[C@@H]1c1nnc(NC=O)s1. The Kier molecular flexibility index (Phi) is 5.14. The van der Waals surface area contributed by atoms with E-state index in [1.54, 1.807) is 0 Å². The number of rotatable bonds is 6. The maximum absolute atomic E-state index is 10.5. The zero-order chi connectivity index (χ0) is 17.1. The van der Waals surface area contributed by atoms with E-state index in [4.69, 9.17) is 0 Å². The van der Waals surface area contributed by atoms with E-state index >= 15 is 0 Å².